The zero-order valence-corrected chi connectivity index (χ0v) is 20.2. The summed E-state index contributed by atoms with van der Waals surface area (Å²) in [6.07, 6.45) is 5.08. The lowest BCUT2D eigenvalue weighted by Gasteiger charge is -2.31. The predicted octanol–water partition coefficient (Wildman–Crippen LogP) is 1.70. The van der Waals surface area contributed by atoms with E-state index in [4.69, 9.17) is 10.5 Å². The molecule has 11 heteroatoms. The van der Waals surface area contributed by atoms with Crippen molar-refractivity contribution in [1.82, 2.24) is 24.8 Å². The number of anilines is 2. The number of nitrogens with zero attached hydrogens (tertiary/aromatic N) is 5. The molecule has 3 heterocycles. The third-order valence-electron chi connectivity index (χ3n) is 5.87. The van der Waals surface area contributed by atoms with Crippen LogP contribution in [0.1, 0.15) is 0 Å². The minimum absolute atomic E-state index is 0.0284. The van der Waals surface area contributed by atoms with E-state index < -0.39 is 0 Å². The van der Waals surface area contributed by atoms with Crippen molar-refractivity contribution in [2.45, 2.75) is 0 Å². The molecular weight excluding hydrogens is 446 g/mol. The molecule has 2 aromatic heterocycles. The molecule has 184 valence electrons. The van der Waals surface area contributed by atoms with Gasteiger partial charge >= 0.3 is 0 Å². The van der Waals surface area contributed by atoms with Crippen molar-refractivity contribution in [2.75, 3.05) is 64.6 Å². The first-order valence-electron chi connectivity index (χ1n) is 11.4. The monoisotopic (exact) mass is 477 g/mol. The third-order valence-corrected chi connectivity index (χ3v) is 5.87. The average molecular weight is 478 g/mol. The topological polar surface area (TPSA) is 137 Å². The SMILES string of the molecule is CN=CC(Nc1nccc(-c2c[nH]c3c(NC(=O)CN4CCN(C)CC4)cccc23)n1)=C(N)OC. The Morgan fingerprint density at radius 2 is 2.06 bits per heavy atom. The number of carbonyl (C=O) groups excluding carboxylic acids is 1. The molecule has 1 saturated heterocycles. The van der Waals surface area contributed by atoms with Gasteiger partial charge in [0, 0.05) is 62.8 Å². The zero-order valence-electron chi connectivity index (χ0n) is 20.2. The molecule has 1 aromatic carbocycles. The fourth-order valence-electron chi connectivity index (χ4n) is 3.96. The number of hydrogen-bond donors (Lipinski definition) is 4. The molecule has 0 spiro atoms. The summed E-state index contributed by atoms with van der Waals surface area (Å²) in [7, 11) is 5.21. The summed E-state index contributed by atoms with van der Waals surface area (Å²) in [5, 5.41) is 7.04. The molecule has 35 heavy (non-hydrogen) atoms. The van der Waals surface area contributed by atoms with Crippen molar-refractivity contribution in [2.24, 2.45) is 10.7 Å². The summed E-state index contributed by atoms with van der Waals surface area (Å²) in [4.78, 5) is 33.3. The smallest absolute Gasteiger partial charge is 0.238 e. The number of fused-ring (bicyclic) bond motifs is 1. The number of benzene rings is 1. The van der Waals surface area contributed by atoms with Crippen LogP contribution >= 0.6 is 0 Å². The largest absolute Gasteiger partial charge is 0.481 e. The van der Waals surface area contributed by atoms with Gasteiger partial charge in [0.2, 0.25) is 17.7 Å². The summed E-state index contributed by atoms with van der Waals surface area (Å²) in [6, 6.07) is 7.63. The van der Waals surface area contributed by atoms with Crippen LogP contribution in [0.25, 0.3) is 22.2 Å². The maximum atomic E-state index is 12.7. The van der Waals surface area contributed by atoms with Crippen molar-refractivity contribution >= 4 is 34.7 Å². The Balaban J connectivity index is 1.54. The summed E-state index contributed by atoms with van der Waals surface area (Å²) in [6.45, 7) is 4.10. The zero-order chi connectivity index (χ0) is 24.8. The molecule has 3 aromatic rings. The number of aliphatic imine (C=N–C) groups is 1. The second-order valence-corrected chi connectivity index (χ2v) is 8.32. The highest BCUT2D eigenvalue weighted by molar-refractivity contribution is 6.05. The van der Waals surface area contributed by atoms with Crippen LogP contribution in [0.2, 0.25) is 0 Å². The first-order valence-corrected chi connectivity index (χ1v) is 11.4. The van der Waals surface area contributed by atoms with Crippen LogP contribution in [0.15, 0.2) is 53.2 Å². The Hall–Kier alpha value is -3.96. The number of aromatic nitrogens is 3. The number of H-pyrrole nitrogens is 1. The van der Waals surface area contributed by atoms with Gasteiger partial charge in [0.25, 0.3) is 0 Å². The first kappa shape index (κ1) is 24.2. The first-order chi connectivity index (χ1) is 17.0. The standard InChI is InChI=1S/C24H31N9O2/c1-26-14-20(23(25)35-3)31-24-27-8-7-18(30-24)17-13-28-22-16(17)5-4-6-19(22)29-21(34)15-33-11-9-32(2)10-12-33/h4-8,13-14,28H,9-12,15,25H2,1-3H3,(H,29,34)(H,27,30,31). The van der Waals surface area contributed by atoms with Gasteiger partial charge in [-0.2, -0.15) is 0 Å². The molecular formula is C24H31N9O2. The maximum absolute atomic E-state index is 12.7. The molecule has 11 nitrogen and oxygen atoms in total. The van der Waals surface area contributed by atoms with Gasteiger partial charge < -0.3 is 31.0 Å². The van der Waals surface area contributed by atoms with E-state index in [2.05, 4.69) is 47.4 Å². The van der Waals surface area contributed by atoms with Crippen LogP contribution < -0.4 is 16.4 Å². The van der Waals surface area contributed by atoms with Gasteiger partial charge in [-0.1, -0.05) is 12.1 Å². The van der Waals surface area contributed by atoms with Crippen LogP contribution in [-0.2, 0) is 9.53 Å². The van der Waals surface area contributed by atoms with Gasteiger partial charge in [-0.25, -0.2) is 9.97 Å². The van der Waals surface area contributed by atoms with Crippen molar-refractivity contribution in [1.29, 1.82) is 0 Å². The fourth-order valence-corrected chi connectivity index (χ4v) is 3.96. The Bertz CT molecular complexity index is 1240. The number of hydrogen-bond acceptors (Lipinski definition) is 9. The molecule has 0 saturated carbocycles. The Morgan fingerprint density at radius 3 is 2.80 bits per heavy atom. The number of nitrogens with one attached hydrogen (secondary N) is 3. The lowest BCUT2D eigenvalue weighted by molar-refractivity contribution is -0.117. The number of methoxy groups -OCH3 is 1. The highest BCUT2D eigenvalue weighted by Crippen LogP contribution is 2.31. The van der Waals surface area contributed by atoms with Crippen LogP contribution in [0.4, 0.5) is 11.6 Å². The van der Waals surface area contributed by atoms with Crippen LogP contribution in [0.5, 0.6) is 0 Å². The number of ether oxygens (including phenoxy) is 1. The number of amides is 1. The number of rotatable bonds is 8. The minimum Gasteiger partial charge on any atom is -0.481 e. The van der Waals surface area contributed by atoms with Crippen molar-refractivity contribution < 1.29 is 9.53 Å². The molecule has 5 N–H and O–H groups in total. The minimum atomic E-state index is -0.0284. The Morgan fingerprint density at radius 1 is 1.26 bits per heavy atom. The van der Waals surface area contributed by atoms with Gasteiger partial charge in [0.15, 0.2) is 0 Å². The van der Waals surface area contributed by atoms with E-state index in [0.717, 1.165) is 48.3 Å². The van der Waals surface area contributed by atoms with E-state index >= 15 is 0 Å². The van der Waals surface area contributed by atoms with Crippen molar-refractivity contribution in [3.8, 4) is 11.3 Å². The third kappa shape index (κ3) is 5.76. The van der Waals surface area contributed by atoms with Gasteiger partial charge in [0.1, 0.15) is 5.70 Å². The second kappa shape index (κ2) is 11.0. The van der Waals surface area contributed by atoms with E-state index in [9.17, 15) is 4.79 Å². The van der Waals surface area contributed by atoms with Gasteiger partial charge in [0.05, 0.1) is 30.6 Å². The molecule has 0 radical (unpaired) electrons. The van der Waals surface area contributed by atoms with Gasteiger partial charge in [-0.15, -0.1) is 0 Å². The molecule has 1 amide bonds. The highest BCUT2D eigenvalue weighted by atomic mass is 16.5. The van der Waals surface area contributed by atoms with Gasteiger partial charge in [-0.05, 0) is 19.2 Å². The number of nitrogens with two attached hydrogens (primary N) is 1. The van der Waals surface area contributed by atoms with E-state index in [1.807, 2.05) is 30.5 Å². The molecule has 0 bridgehead atoms. The number of para-hydroxylation sites is 1. The number of aromatic amines is 1. The summed E-state index contributed by atoms with van der Waals surface area (Å²) in [5.41, 5.74) is 9.50. The second-order valence-electron chi connectivity index (χ2n) is 8.32. The number of piperazine rings is 1. The van der Waals surface area contributed by atoms with Crippen LogP contribution in [-0.4, -0.2) is 90.8 Å². The highest BCUT2D eigenvalue weighted by Gasteiger charge is 2.18. The van der Waals surface area contributed by atoms with Crippen molar-refractivity contribution in [3.05, 3.63) is 48.2 Å². The maximum Gasteiger partial charge on any atom is 0.238 e. The molecule has 1 aliphatic rings. The molecule has 0 aliphatic carbocycles. The lowest BCUT2D eigenvalue weighted by atomic mass is 10.1. The molecule has 4 rings (SSSR count). The summed E-state index contributed by atoms with van der Waals surface area (Å²) in [5.74, 6) is 0.497. The van der Waals surface area contributed by atoms with E-state index in [1.165, 1.54) is 13.3 Å². The number of carbonyl (C=O) groups is 1. The summed E-state index contributed by atoms with van der Waals surface area (Å²) < 4.78 is 5.10. The normalized spacial score (nSPS) is 15.9. The molecule has 1 aliphatic heterocycles. The number of allylic oxidation sites excluding steroid dienone is 1. The fraction of sp³-hybridized carbons (Fsp3) is 0.333. The Kier molecular flexibility index (Phi) is 7.58. The molecule has 0 unspecified atom stereocenters. The summed E-state index contributed by atoms with van der Waals surface area (Å²) >= 11 is 0. The van der Waals surface area contributed by atoms with E-state index in [-0.39, 0.29) is 11.8 Å². The van der Waals surface area contributed by atoms with Crippen molar-refractivity contribution in [3.63, 3.8) is 0 Å². The van der Waals surface area contributed by atoms with Crippen LogP contribution in [0.3, 0.4) is 0 Å². The quantitative estimate of drug-likeness (QED) is 0.284. The van der Waals surface area contributed by atoms with Crippen LogP contribution in [0, 0.1) is 0 Å². The Labute approximate surface area is 204 Å². The van der Waals surface area contributed by atoms with E-state index in [0.29, 0.717) is 23.9 Å². The van der Waals surface area contributed by atoms with Gasteiger partial charge in [-0.3, -0.25) is 14.7 Å². The molecule has 1 fully saturated rings. The average Bonchev–Trinajstić information content (AvgIpc) is 3.30. The van der Waals surface area contributed by atoms with E-state index in [1.54, 1.807) is 13.2 Å². The molecule has 0 atom stereocenters. The lowest BCUT2D eigenvalue weighted by Crippen LogP contribution is -2.47. The predicted molar refractivity (Wildman–Crippen MR) is 138 cm³/mol. The number of likely N-dealkylation sites (N-methyl/N-ethyl adjacent to an activating group) is 1.